The summed E-state index contributed by atoms with van der Waals surface area (Å²) >= 11 is 6.01. The minimum atomic E-state index is 0.135. The van der Waals surface area contributed by atoms with Crippen LogP contribution in [-0.4, -0.2) is 25.5 Å². The lowest BCUT2D eigenvalue weighted by atomic mass is 9.64. The number of carbonyl (C=O) groups is 1. The first-order chi connectivity index (χ1) is 11.1. The fraction of sp³-hybridized carbons (Fsp3) is 0.632. The standard InChI is InChI=1S/C19H25ClN2O/c20-15-4-2-14(3-5-15)19(6-1-7-19)13-22-17(23)16-12-18(16)8-10-21-11-9-18/h2-5,16,21H,1,6-13H2,(H,22,23). The molecule has 0 aromatic heterocycles. The molecule has 4 rings (SSSR count). The second-order valence-corrected chi connectivity index (χ2v) is 8.16. The highest BCUT2D eigenvalue weighted by Gasteiger charge is 2.57. The molecular weight excluding hydrogens is 308 g/mol. The molecule has 1 aliphatic heterocycles. The van der Waals surface area contributed by atoms with Gasteiger partial charge in [0.15, 0.2) is 0 Å². The van der Waals surface area contributed by atoms with E-state index in [2.05, 4.69) is 22.8 Å². The molecule has 2 N–H and O–H groups in total. The number of amides is 1. The van der Waals surface area contributed by atoms with Gasteiger partial charge in [-0.1, -0.05) is 30.2 Å². The zero-order valence-corrected chi connectivity index (χ0v) is 14.3. The van der Waals surface area contributed by atoms with Crippen molar-refractivity contribution >= 4 is 17.5 Å². The van der Waals surface area contributed by atoms with Crippen LogP contribution in [0.1, 0.15) is 44.1 Å². The van der Waals surface area contributed by atoms with Crippen molar-refractivity contribution in [3.63, 3.8) is 0 Å². The van der Waals surface area contributed by atoms with Crippen LogP contribution >= 0.6 is 11.6 Å². The van der Waals surface area contributed by atoms with E-state index in [1.54, 1.807) is 0 Å². The van der Waals surface area contributed by atoms with E-state index in [1.165, 1.54) is 12.0 Å². The van der Waals surface area contributed by atoms with E-state index in [1.807, 2.05) is 12.1 Å². The van der Waals surface area contributed by atoms with Gasteiger partial charge in [-0.05, 0) is 68.3 Å². The second-order valence-electron chi connectivity index (χ2n) is 7.73. The van der Waals surface area contributed by atoms with Crippen LogP contribution in [0.15, 0.2) is 24.3 Å². The highest BCUT2D eigenvalue weighted by molar-refractivity contribution is 6.30. The molecule has 2 aliphatic carbocycles. The van der Waals surface area contributed by atoms with Crippen LogP contribution in [-0.2, 0) is 10.2 Å². The van der Waals surface area contributed by atoms with E-state index in [0.717, 1.165) is 56.8 Å². The summed E-state index contributed by atoms with van der Waals surface area (Å²) in [5.41, 5.74) is 1.78. The van der Waals surface area contributed by atoms with E-state index in [-0.39, 0.29) is 17.2 Å². The fourth-order valence-corrected chi connectivity index (χ4v) is 4.68. The third-order valence-corrected chi connectivity index (χ3v) is 6.73. The van der Waals surface area contributed by atoms with Gasteiger partial charge in [-0.3, -0.25) is 4.79 Å². The second kappa shape index (κ2) is 5.78. The van der Waals surface area contributed by atoms with Crippen LogP contribution in [0.25, 0.3) is 0 Å². The molecule has 3 nitrogen and oxygen atoms in total. The Bertz CT molecular complexity index is 588. The van der Waals surface area contributed by atoms with Crippen LogP contribution in [0.5, 0.6) is 0 Å². The molecule has 1 saturated heterocycles. The van der Waals surface area contributed by atoms with Gasteiger partial charge in [0.05, 0.1) is 0 Å². The van der Waals surface area contributed by atoms with Gasteiger partial charge < -0.3 is 10.6 Å². The molecule has 3 aliphatic rings. The number of halogens is 1. The molecular formula is C19H25ClN2O. The number of piperidine rings is 1. The minimum absolute atomic E-state index is 0.135. The van der Waals surface area contributed by atoms with E-state index in [9.17, 15) is 4.79 Å². The van der Waals surface area contributed by atoms with E-state index in [0.29, 0.717) is 5.41 Å². The van der Waals surface area contributed by atoms with Gasteiger partial charge in [-0.25, -0.2) is 0 Å². The lowest BCUT2D eigenvalue weighted by Gasteiger charge is -2.42. The molecule has 124 valence electrons. The predicted molar refractivity (Wildman–Crippen MR) is 92.6 cm³/mol. The summed E-state index contributed by atoms with van der Waals surface area (Å²) in [6, 6.07) is 8.17. The Balaban J connectivity index is 1.38. The first-order valence-corrected chi connectivity index (χ1v) is 9.26. The van der Waals surface area contributed by atoms with Crippen molar-refractivity contribution in [2.24, 2.45) is 11.3 Å². The third kappa shape index (κ3) is 2.78. The number of nitrogens with one attached hydrogen (secondary N) is 2. The summed E-state index contributed by atoms with van der Waals surface area (Å²) in [5, 5.41) is 7.45. The monoisotopic (exact) mass is 332 g/mol. The summed E-state index contributed by atoms with van der Waals surface area (Å²) in [5.74, 6) is 0.541. The van der Waals surface area contributed by atoms with Gasteiger partial charge in [-0.2, -0.15) is 0 Å². The Morgan fingerprint density at radius 1 is 1.17 bits per heavy atom. The lowest BCUT2D eigenvalue weighted by Crippen LogP contribution is -2.46. The Morgan fingerprint density at radius 2 is 1.87 bits per heavy atom. The summed E-state index contributed by atoms with van der Waals surface area (Å²) in [6.45, 7) is 2.91. The smallest absolute Gasteiger partial charge is 0.223 e. The van der Waals surface area contributed by atoms with Gasteiger partial charge >= 0.3 is 0 Å². The molecule has 2 saturated carbocycles. The molecule has 4 heteroatoms. The Labute approximate surface area is 143 Å². The van der Waals surface area contributed by atoms with Crippen molar-refractivity contribution in [2.45, 2.75) is 43.9 Å². The van der Waals surface area contributed by atoms with Crippen LogP contribution in [0, 0.1) is 11.3 Å². The highest BCUT2D eigenvalue weighted by Crippen LogP contribution is 2.58. The van der Waals surface area contributed by atoms with Crippen molar-refractivity contribution in [2.75, 3.05) is 19.6 Å². The normalized spacial score (nSPS) is 27.3. The molecule has 3 fully saturated rings. The molecule has 23 heavy (non-hydrogen) atoms. The average Bonchev–Trinajstić information content (AvgIpc) is 3.21. The maximum absolute atomic E-state index is 12.6. The molecule has 0 radical (unpaired) electrons. The molecule has 1 aromatic rings. The molecule has 1 unspecified atom stereocenters. The summed E-state index contributed by atoms with van der Waals surface area (Å²) < 4.78 is 0. The molecule has 1 heterocycles. The number of hydrogen-bond acceptors (Lipinski definition) is 2. The van der Waals surface area contributed by atoms with Crippen LogP contribution in [0.2, 0.25) is 5.02 Å². The maximum Gasteiger partial charge on any atom is 0.223 e. The van der Waals surface area contributed by atoms with Crippen molar-refractivity contribution in [3.8, 4) is 0 Å². The first kappa shape index (κ1) is 15.5. The quantitative estimate of drug-likeness (QED) is 0.888. The van der Waals surface area contributed by atoms with Crippen molar-refractivity contribution in [1.29, 1.82) is 0 Å². The zero-order valence-electron chi connectivity index (χ0n) is 13.5. The topological polar surface area (TPSA) is 41.1 Å². The van der Waals surface area contributed by atoms with Crippen molar-refractivity contribution < 1.29 is 4.79 Å². The molecule has 1 atom stereocenters. The number of hydrogen-bond donors (Lipinski definition) is 2. The average molecular weight is 333 g/mol. The summed E-state index contributed by atoms with van der Waals surface area (Å²) in [7, 11) is 0. The van der Waals surface area contributed by atoms with Crippen LogP contribution in [0.3, 0.4) is 0 Å². The van der Waals surface area contributed by atoms with E-state index < -0.39 is 0 Å². The SMILES string of the molecule is O=C(NCC1(c2ccc(Cl)cc2)CCC1)C1CC12CCNCC2. The van der Waals surface area contributed by atoms with Gasteiger partial charge in [0.1, 0.15) is 0 Å². The predicted octanol–water partition coefficient (Wildman–Crippen LogP) is 3.27. The summed E-state index contributed by atoms with van der Waals surface area (Å²) in [6.07, 6.45) is 6.98. The highest BCUT2D eigenvalue weighted by atomic mass is 35.5. The van der Waals surface area contributed by atoms with Crippen molar-refractivity contribution in [1.82, 2.24) is 10.6 Å². The van der Waals surface area contributed by atoms with Gasteiger partial charge in [0.2, 0.25) is 5.91 Å². The molecule has 1 amide bonds. The van der Waals surface area contributed by atoms with E-state index in [4.69, 9.17) is 11.6 Å². The first-order valence-electron chi connectivity index (χ1n) is 8.88. The Kier molecular flexibility index (Phi) is 3.89. The van der Waals surface area contributed by atoms with Crippen LogP contribution in [0.4, 0.5) is 0 Å². The molecule has 0 bridgehead atoms. The third-order valence-electron chi connectivity index (χ3n) is 6.47. The van der Waals surface area contributed by atoms with E-state index >= 15 is 0 Å². The molecule has 1 spiro atoms. The fourth-order valence-electron chi connectivity index (χ4n) is 4.55. The number of benzene rings is 1. The minimum Gasteiger partial charge on any atom is -0.355 e. The van der Waals surface area contributed by atoms with Crippen molar-refractivity contribution in [3.05, 3.63) is 34.9 Å². The molecule has 1 aromatic carbocycles. The van der Waals surface area contributed by atoms with Crippen LogP contribution < -0.4 is 10.6 Å². The van der Waals surface area contributed by atoms with Gasteiger partial charge in [-0.15, -0.1) is 0 Å². The van der Waals surface area contributed by atoms with Gasteiger partial charge in [0, 0.05) is 22.9 Å². The van der Waals surface area contributed by atoms with Gasteiger partial charge in [0.25, 0.3) is 0 Å². The Hall–Kier alpha value is -1.06. The number of carbonyl (C=O) groups excluding carboxylic acids is 1. The summed E-state index contributed by atoms with van der Waals surface area (Å²) in [4.78, 5) is 12.6. The Morgan fingerprint density at radius 3 is 2.48 bits per heavy atom. The zero-order chi connectivity index (χ0) is 15.9. The largest absolute Gasteiger partial charge is 0.355 e. The number of rotatable bonds is 4. The lowest BCUT2D eigenvalue weighted by molar-refractivity contribution is -0.123. The maximum atomic E-state index is 12.6.